The van der Waals surface area contributed by atoms with Crippen molar-refractivity contribution in [3.8, 4) is 0 Å². The second-order valence-electron chi connectivity index (χ2n) is 6.09. The van der Waals surface area contributed by atoms with E-state index in [9.17, 15) is 22.8 Å². The van der Waals surface area contributed by atoms with Crippen LogP contribution >= 0.6 is 15.9 Å². The molecule has 5 nitrogen and oxygen atoms in total. The first kappa shape index (κ1) is 19.5. The normalized spacial score (nSPS) is 15.6. The second-order valence-corrected chi connectivity index (χ2v) is 6.87. The number of amides is 2. The van der Waals surface area contributed by atoms with Crippen LogP contribution in [0.2, 0.25) is 0 Å². The second kappa shape index (κ2) is 7.75. The van der Waals surface area contributed by atoms with Crippen LogP contribution in [0.5, 0.6) is 0 Å². The Morgan fingerprint density at radius 2 is 1.56 bits per heavy atom. The van der Waals surface area contributed by atoms with Crippen molar-refractivity contribution in [2.75, 3.05) is 26.2 Å². The predicted octanol–water partition coefficient (Wildman–Crippen LogP) is 4.05. The molecule has 0 unspecified atom stereocenters. The van der Waals surface area contributed by atoms with Gasteiger partial charge in [0.05, 0.1) is 11.1 Å². The van der Waals surface area contributed by atoms with Crippen molar-refractivity contribution >= 4 is 27.7 Å². The van der Waals surface area contributed by atoms with Crippen LogP contribution in [0, 0.1) is 0 Å². The first-order chi connectivity index (χ1) is 12.8. The zero-order valence-electron chi connectivity index (χ0n) is 14.1. The molecule has 0 spiro atoms. The molecule has 0 aliphatic carbocycles. The monoisotopic (exact) mass is 444 g/mol. The van der Waals surface area contributed by atoms with Gasteiger partial charge in [0.25, 0.3) is 11.8 Å². The van der Waals surface area contributed by atoms with Crippen molar-refractivity contribution in [1.29, 1.82) is 0 Å². The van der Waals surface area contributed by atoms with Gasteiger partial charge in [-0.05, 0) is 46.6 Å². The summed E-state index contributed by atoms with van der Waals surface area (Å²) in [6.07, 6.45) is -4.14. The Balaban J connectivity index is 1.73. The lowest BCUT2D eigenvalue weighted by molar-refractivity contribution is -0.138. The maximum Gasteiger partial charge on any atom is 0.417 e. The average molecular weight is 445 g/mol. The number of rotatable bonds is 2. The molecule has 2 heterocycles. The van der Waals surface area contributed by atoms with E-state index in [-0.39, 0.29) is 36.9 Å². The smallest absolute Gasteiger partial charge is 0.417 e. The van der Waals surface area contributed by atoms with Crippen LogP contribution in [-0.4, -0.2) is 47.8 Å². The maximum atomic E-state index is 13.2. The number of carbonyl (C=O) groups excluding carboxylic acids is 2. The summed E-state index contributed by atoms with van der Waals surface area (Å²) in [7, 11) is 0. The van der Waals surface area contributed by atoms with Gasteiger partial charge in [0, 0.05) is 26.2 Å². The Morgan fingerprint density at radius 3 is 2.15 bits per heavy atom. The third-order valence-corrected chi connectivity index (χ3v) is 4.74. The molecule has 1 aliphatic rings. The average Bonchev–Trinajstić information content (AvgIpc) is 2.92. The van der Waals surface area contributed by atoms with Crippen LogP contribution in [0.25, 0.3) is 0 Å². The fraction of sp³-hybridized carbons (Fsp3) is 0.333. The third kappa shape index (κ3) is 4.35. The van der Waals surface area contributed by atoms with Gasteiger partial charge in [-0.15, -0.1) is 0 Å². The molecule has 3 rings (SSSR count). The van der Waals surface area contributed by atoms with Crippen LogP contribution in [0.4, 0.5) is 13.2 Å². The van der Waals surface area contributed by atoms with E-state index in [1.54, 1.807) is 12.1 Å². The highest BCUT2D eigenvalue weighted by Gasteiger charge is 2.36. The summed E-state index contributed by atoms with van der Waals surface area (Å²) in [6.45, 7) is 1.04. The molecule has 0 radical (unpaired) electrons. The Kier molecular flexibility index (Phi) is 5.59. The summed E-state index contributed by atoms with van der Waals surface area (Å²) < 4.78 is 45.2. The molecule has 27 heavy (non-hydrogen) atoms. The molecule has 0 saturated carbocycles. The summed E-state index contributed by atoms with van der Waals surface area (Å²) in [4.78, 5) is 28.0. The summed E-state index contributed by atoms with van der Waals surface area (Å²) in [6, 6.07) is 7.89. The fourth-order valence-corrected chi connectivity index (χ4v) is 3.30. The Labute approximate surface area is 161 Å². The molecule has 0 N–H and O–H groups in total. The van der Waals surface area contributed by atoms with Gasteiger partial charge in [-0.1, -0.05) is 12.1 Å². The van der Waals surface area contributed by atoms with Crippen molar-refractivity contribution in [3.05, 3.63) is 58.0 Å². The van der Waals surface area contributed by atoms with E-state index in [0.29, 0.717) is 17.6 Å². The number of furan rings is 1. The third-order valence-electron chi connectivity index (χ3n) is 4.32. The number of alkyl halides is 3. The molecule has 2 aromatic rings. The minimum Gasteiger partial charge on any atom is -0.444 e. The predicted molar refractivity (Wildman–Crippen MR) is 94.3 cm³/mol. The van der Waals surface area contributed by atoms with E-state index in [4.69, 9.17) is 4.42 Å². The van der Waals surface area contributed by atoms with Gasteiger partial charge in [0.1, 0.15) is 0 Å². The molecule has 1 aromatic heterocycles. The van der Waals surface area contributed by atoms with E-state index >= 15 is 0 Å². The Morgan fingerprint density at radius 1 is 0.926 bits per heavy atom. The van der Waals surface area contributed by atoms with Gasteiger partial charge in [0.15, 0.2) is 10.4 Å². The molecule has 2 amide bonds. The maximum absolute atomic E-state index is 13.2. The highest BCUT2D eigenvalue weighted by atomic mass is 79.9. The molecule has 1 aliphatic heterocycles. The Hall–Kier alpha value is -2.29. The van der Waals surface area contributed by atoms with Crippen molar-refractivity contribution in [2.45, 2.75) is 12.6 Å². The van der Waals surface area contributed by atoms with Gasteiger partial charge in [-0.3, -0.25) is 9.59 Å². The van der Waals surface area contributed by atoms with Crippen molar-refractivity contribution < 1.29 is 27.2 Å². The van der Waals surface area contributed by atoms with Crippen LogP contribution in [0.1, 0.15) is 32.9 Å². The van der Waals surface area contributed by atoms with E-state index < -0.39 is 17.6 Å². The van der Waals surface area contributed by atoms with E-state index in [0.717, 1.165) is 6.07 Å². The van der Waals surface area contributed by atoms with Crippen LogP contribution in [0.3, 0.4) is 0 Å². The Bertz CT molecular complexity index is 850. The van der Waals surface area contributed by atoms with Gasteiger partial charge in [-0.2, -0.15) is 13.2 Å². The minimum absolute atomic E-state index is 0.151. The molecular weight excluding hydrogens is 429 g/mol. The minimum atomic E-state index is -4.60. The van der Waals surface area contributed by atoms with Crippen molar-refractivity contribution in [2.24, 2.45) is 0 Å². The van der Waals surface area contributed by atoms with Gasteiger partial charge >= 0.3 is 6.18 Å². The SMILES string of the molecule is O=C(c1ccc(Br)o1)N1CCCN(C(=O)c2ccccc2C(F)(F)F)CC1. The first-order valence-corrected chi connectivity index (χ1v) is 9.07. The van der Waals surface area contributed by atoms with Crippen LogP contribution in [-0.2, 0) is 6.18 Å². The lowest BCUT2D eigenvalue weighted by Gasteiger charge is -2.23. The summed E-state index contributed by atoms with van der Waals surface area (Å²) in [5, 5.41) is 0. The zero-order valence-corrected chi connectivity index (χ0v) is 15.7. The lowest BCUT2D eigenvalue weighted by Crippen LogP contribution is -2.37. The number of nitrogens with zero attached hydrogens (tertiary/aromatic N) is 2. The number of carbonyl (C=O) groups is 2. The topological polar surface area (TPSA) is 53.8 Å². The first-order valence-electron chi connectivity index (χ1n) is 8.27. The molecule has 1 fully saturated rings. The standard InChI is InChI=1S/C18H16BrF3N2O3/c19-15-7-6-14(27-15)17(26)24-9-3-8-23(10-11-24)16(25)12-4-1-2-5-13(12)18(20,21)22/h1-2,4-7H,3,8-11H2. The van der Waals surface area contributed by atoms with Crippen LogP contribution in [0.15, 0.2) is 45.5 Å². The number of hydrogen-bond donors (Lipinski definition) is 0. The van der Waals surface area contributed by atoms with Crippen molar-refractivity contribution in [1.82, 2.24) is 9.80 Å². The molecule has 1 saturated heterocycles. The van der Waals surface area contributed by atoms with Crippen LogP contribution < -0.4 is 0 Å². The highest BCUT2D eigenvalue weighted by Crippen LogP contribution is 2.32. The molecule has 0 bridgehead atoms. The fourth-order valence-electron chi connectivity index (χ4n) is 3.00. The van der Waals surface area contributed by atoms with Gasteiger partial charge in [-0.25, -0.2) is 0 Å². The van der Waals surface area contributed by atoms with E-state index in [1.807, 2.05) is 0 Å². The summed E-state index contributed by atoms with van der Waals surface area (Å²) in [5.74, 6) is -0.826. The van der Waals surface area contributed by atoms with E-state index in [2.05, 4.69) is 15.9 Å². The summed E-state index contributed by atoms with van der Waals surface area (Å²) in [5.41, 5.74) is -1.33. The molecular formula is C18H16BrF3N2O3. The molecule has 0 atom stereocenters. The quantitative estimate of drug-likeness (QED) is 0.701. The summed E-state index contributed by atoms with van der Waals surface area (Å²) >= 11 is 3.13. The molecule has 1 aromatic carbocycles. The van der Waals surface area contributed by atoms with Gasteiger partial charge < -0.3 is 14.2 Å². The van der Waals surface area contributed by atoms with Gasteiger partial charge in [0.2, 0.25) is 0 Å². The number of halogens is 4. The number of hydrogen-bond acceptors (Lipinski definition) is 3. The van der Waals surface area contributed by atoms with Crippen molar-refractivity contribution in [3.63, 3.8) is 0 Å². The highest BCUT2D eigenvalue weighted by molar-refractivity contribution is 9.10. The van der Waals surface area contributed by atoms with E-state index in [1.165, 1.54) is 28.0 Å². The number of benzene rings is 1. The lowest BCUT2D eigenvalue weighted by atomic mass is 10.1. The largest absolute Gasteiger partial charge is 0.444 e. The molecule has 9 heteroatoms. The zero-order chi connectivity index (χ0) is 19.6. The molecule has 144 valence electrons.